The topological polar surface area (TPSA) is 32.8 Å². The summed E-state index contributed by atoms with van der Waals surface area (Å²) in [7, 11) is 3.74. The molecule has 2 atom stereocenters. The van der Waals surface area contributed by atoms with Gasteiger partial charge >= 0.3 is 0 Å². The lowest BCUT2D eigenvalue weighted by atomic mass is 9.81. The average Bonchev–Trinajstić information content (AvgIpc) is 3.50. The van der Waals surface area contributed by atoms with E-state index in [9.17, 15) is 4.79 Å². The van der Waals surface area contributed by atoms with Crippen molar-refractivity contribution in [2.75, 3.05) is 27.2 Å². The first-order valence-corrected chi connectivity index (χ1v) is 12.2. The predicted molar refractivity (Wildman–Crippen MR) is 134 cm³/mol. The van der Waals surface area contributed by atoms with E-state index in [1.165, 1.54) is 34.1 Å². The van der Waals surface area contributed by atoms with Gasteiger partial charge in [-0.1, -0.05) is 24.3 Å². The molecule has 1 aliphatic heterocycles. The van der Waals surface area contributed by atoms with Crippen LogP contribution in [0, 0.1) is 0 Å². The highest BCUT2D eigenvalue weighted by atomic mass is 35.5. The van der Waals surface area contributed by atoms with Gasteiger partial charge in [-0.3, -0.25) is 9.69 Å². The Morgan fingerprint density at radius 3 is 2.72 bits per heavy atom. The monoisotopic (exact) mass is 470 g/mol. The fraction of sp³-hybridized carbons (Fsp3) is 0.423. The molecule has 1 amide bonds. The van der Waals surface area contributed by atoms with Gasteiger partial charge in [0, 0.05) is 17.8 Å². The van der Waals surface area contributed by atoms with E-state index >= 15 is 0 Å². The van der Waals surface area contributed by atoms with Crippen LogP contribution in [0.1, 0.15) is 42.0 Å². The lowest BCUT2D eigenvalue weighted by Gasteiger charge is -2.44. The summed E-state index contributed by atoms with van der Waals surface area (Å²) in [4.78, 5) is 18.2. The number of carbonyl (C=O) groups is 1. The SMILES string of the molecule is COc1cccc2c1CC[C@H](N1CCCC1)[C@H]2N(C)C(=O)Cc1cccc2sccc12.Cl. The summed E-state index contributed by atoms with van der Waals surface area (Å²) in [5, 5.41) is 3.31. The van der Waals surface area contributed by atoms with Crippen LogP contribution in [0.25, 0.3) is 10.1 Å². The number of rotatable bonds is 5. The smallest absolute Gasteiger partial charge is 0.227 e. The zero-order valence-corrected chi connectivity index (χ0v) is 20.4. The van der Waals surface area contributed by atoms with Crippen molar-refractivity contribution in [1.82, 2.24) is 9.80 Å². The van der Waals surface area contributed by atoms with Crippen LogP contribution in [0.2, 0.25) is 0 Å². The summed E-state index contributed by atoms with van der Waals surface area (Å²) in [6, 6.07) is 15.2. The molecule has 4 nitrogen and oxygen atoms in total. The van der Waals surface area contributed by atoms with Gasteiger partial charge in [-0.15, -0.1) is 23.7 Å². The van der Waals surface area contributed by atoms with Gasteiger partial charge in [0.05, 0.1) is 19.6 Å². The molecule has 2 heterocycles. The molecule has 0 radical (unpaired) electrons. The summed E-state index contributed by atoms with van der Waals surface area (Å²) in [5.74, 6) is 1.13. The molecule has 0 bridgehead atoms. The molecule has 0 spiro atoms. The number of halogens is 1. The largest absolute Gasteiger partial charge is 0.496 e. The van der Waals surface area contributed by atoms with Gasteiger partial charge in [-0.25, -0.2) is 0 Å². The highest BCUT2D eigenvalue weighted by Crippen LogP contribution is 2.41. The molecule has 32 heavy (non-hydrogen) atoms. The Balaban J connectivity index is 0.00000245. The van der Waals surface area contributed by atoms with E-state index in [0.29, 0.717) is 12.5 Å². The number of thiophene rings is 1. The highest BCUT2D eigenvalue weighted by molar-refractivity contribution is 7.17. The van der Waals surface area contributed by atoms with Gasteiger partial charge in [-0.2, -0.15) is 0 Å². The van der Waals surface area contributed by atoms with Crippen molar-refractivity contribution < 1.29 is 9.53 Å². The molecule has 2 aromatic carbocycles. The minimum Gasteiger partial charge on any atom is -0.496 e. The Morgan fingerprint density at radius 2 is 1.94 bits per heavy atom. The molecule has 0 saturated carbocycles. The van der Waals surface area contributed by atoms with E-state index in [2.05, 4.69) is 46.7 Å². The maximum Gasteiger partial charge on any atom is 0.227 e. The van der Waals surface area contributed by atoms with Gasteiger partial charge in [0.1, 0.15) is 5.75 Å². The first-order chi connectivity index (χ1) is 15.2. The quantitative estimate of drug-likeness (QED) is 0.494. The van der Waals surface area contributed by atoms with Crippen LogP contribution >= 0.6 is 23.7 Å². The Kier molecular flexibility index (Phi) is 7.08. The first kappa shape index (κ1) is 23.1. The Morgan fingerprint density at radius 1 is 1.16 bits per heavy atom. The van der Waals surface area contributed by atoms with Crippen LogP contribution in [-0.4, -0.2) is 49.0 Å². The molecule has 0 N–H and O–H groups in total. The van der Waals surface area contributed by atoms with E-state index in [0.717, 1.165) is 37.2 Å². The zero-order chi connectivity index (χ0) is 21.4. The summed E-state index contributed by atoms with van der Waals surface area (Å²) in [6.45, 7) is 2.27. The average molecular weight is 471 g/mol. The number of amides is 1. The van der Waals surface area contributed by atoms with Crippen molar-refractivity contribution in [2.45, 2.75) is 44.2 Å². The molecule has 170 valence electrons. The second-order valence-electron chi connectivity index (χ2n) is 8.75. The van der Waals surface area contributed by atoms with Gasteiger partial charge in [0.2, 0.25) is 5.91 Å². The molecule has 3 aromatic rings. The molecule has 1 aromatic heterocycles. The van der Waals surface area contributed by atoms with Crippen molar-refractivity contribution in [2.24, 2.45) is 0 Å². The number of nitrogens with zero attached hydrogens (tertiary/aromatic N) is 2. The number of methoxy groups -OCH3 is 1. The zero-order valence-electron chi connectivity index (χ0n) is 18.8. The third-order valence-corrected chi connectivity index (χ3v) is 7.99. The van der Waals surface area contributed by atoms with Crippen molar-refractivity contribution in [1.29, 1.82) is 0 Å². The number of carbonyl (C=O) groups excluding carboxylic acids is 1. The van der Waals surface area contributed by atoms with Crippen molar-refractivity contribution in [3.8, 4) is 5.75 Å². The molecule has 1 saturated heterocycles. The van der Waals surface area contributed by atoms with Crippen molar-refractivity contribution in [3.63, 3.8) is 0 Å². The molecule has 6 heteroatoms. The number of likely N-dealkylation sites (N-methyl/N-ethyl adjacent to an activating group) is 1. The van der Waals surface area contributed by atoms with E-state index < -0.39 is 0 Å². The maximum atomic E-state index is 13.6. The second-order valence-corrected chi connectivity index (χ2v) is 9.70. The fourth-order valence-corrected chi connectivity index (χ4v) is 6.39. The van der Waals surface area contributed by atoms with Crippen LogP contribution in [0.4, 0.5) is 0 Å². The van der Waals surface area contributed by atoms with E-state index in [1.807, 2.05) is 18.0 Å². The Hall–Kier alpha value is -2.08. The fourth-order valence-electron chi connectivity index (χ4n) is 5.55. The highest BCUT2D eigenvalue weighted by Gasteiger charge is 2.39. The summed E-state index contributed by atoms with van der Waals surface area (Å²) in [5.41, 5.74) is 3.65. The number of fused-ring (bicyclic) bond motifs is 2. The number of benzene rings is 2. The van der Waals surface area contributed by atoms with Crippen LogP contribution in [0.5, 0.6) is 5.75 Å². The van der Waals surface area contributed by atoms with Crippen LogP contribution in [0.15, 0.2) is 47.8 Å². The van der Waals surface area contributed by atoms with Gasteiger partial charge in [0.25, 0.3) is 0 Å². The van der Waals surface area contributed by atoms with Crippen molar-refractivity contribution >= 4 is 39.7 Å². The summed E-state index contributed by atoms with van der Waals surface area (Å²) < 4.78 is 6.93. The third kappa shape index (κ3) is 4.14. The minimum absolute atomic E-state index is 0. The number of hydrogen-bond acceptors (Lipinski definition) is 4. The van der Waals surface area contributed by atoms with E-state index in [4.69, 9.17) is 4.74 Å². The third-order valence-electron chi connectivity index (χ3n) is 7.11. The Labute approximate surface area is 200 Å². The minimum atomic E-state index is 0. The molecular formula is C26H31ClN2O2S. The number of likely N-dealkylation sites (tertiary alicyclic amines) is 1. The summed E-state index contributed by atoms with van der Waals surface area (Å²) in [6.07, 6.45) is 5.02. The number of ether oxygens (including phenoxy) is 1. The molecule has 1 fully saturated rings. The van der Waals surface area contributed by atoms with Crippen LogP contribution in [0.3, 0.4) is 0 Å². The lowest BCUT2D eigenvalue weighted by molar-refractivity contribution is -0.133. The van der Waals surface area contributed by atoms with Gasteiger partial charge in [-0.05, 0) is 84.4 Å². The summed E-state index contributed by atoms with van der Waals surface area (Å²) >= 11 is 1.73. The maximum absolute atomic E-state index is 13.6. The van der Waals surface area contributed by atoms with E-state index in [1.54, 1.807) is 18.4 Å². The normalized spacial score (nSPS) is 20.6. The van der Waals surface area contributed by atoms with Gasteiger partial charge < -0.3 is 9.64 Å². The number of hydrogen-bond donors (Lipinski definition) is 0. The van der Waals surface area contributed by atoms with E-state index in [-0.39, 0.29) is 24.4 Å². The standard InChI is InChI=1S/C26H30N2O2S.ClH/c1-27(25(29)17-18-7-5-10-24-19(18)13-16-31-24)26-21-8-6-9-23(30-2)20(21)11-12-22(26)28-14-3-4-15-28;/h5-10,13,16,22,26H,3-4,11-12,14-15,17H2,1-2H3;1H/t22-,26-;/m0./s1. The Bertz CT molecular complexity index is 1090. The lowest BCUT2D eigenvalue weighted by Crippen LogP contribution is -2.48. The molecule has 2 aliphatic rings. The van der Waals surface area contributed by atoms with Crippen LogP contribution in [-0.2, 0) is 17.6 Å². The van der Waals surface area contributed by atoms with Crippen molar-refractivity contribution in [3.05, 3.63) is 64.5 Å². The molecule has 0 unspecified atom stereocenters. The predicted octanol–water partition coefficient (Wildman–Crippen LogP) is 5.48. The molecule has 5 rings (SSSR count). The molecular weight excluding hydrogens is 440 g/mol. The second kappa shape index (κ2) is 9.82. The van der Waals surface area contributed by atoms with Gasteiger partial charge in [0.15, 0.2) is 0 Å². The molecule has 1 aliphatic carbocycles. The van der Waals surface area contributed by atoms with Crippen LogP contribution < -0.4 is 4.74 Å². The first-order valence-electron chi connectivity index (χ1n) is 11.3.